The lowest BCUT2D eigenvalue weighted by atomic mass is 10.0. The fourth-order valence-corrected chi connectivity index (χ4v) is 2.23. The number of nitro groups is 1. The number of carbonyl (C=O) groups excluding carboxylic acids is 1. The molecule has 0 spiro atoms. The van der Waals surface area contributed by atoms with Crippen molar-refractivity contribution in [3.63, 3.8) is 0 Å². The Kier molecular flexibility index (Phi) is 3.89. The highest BCUT2D eigenvalue weighted by atomic mass is 16.6. The van der Waals surface area contributed by atoms with E-state index in [4.69, 9.17) is 4.74 Å². The average Bonchev–Trinajstić information content (AvgIpc) is 2.83. The Morgan fingerprint density at radius 3 is 2.80 bits per heavy atom. The molecule has 1 atom stereocenters. The summed E-state index contributed by atoms with van der Waals surface area (Å²) in [6, 6.07) is 4.63. The zero-order valence-corrected chi connectivity index (χ0v) is 11.4. The number of ether oxygens (including phenoxy) is 1. The third kappa shape index (κ3) is 2.72. The van der Waals surface area contributed by atoms with Gasteiger partial charge >= 0.3 is 5.69 Å². The summed E-state index contributed by atoms with van der Waals surface area (Å²) in [5, 5.41) is 16.7. The van der Waals surface area contributed by atoms with Crippen molar-refractivity contribution in [3.8, 4) is 0 Å². The van der Waals surface area contributed by atoms with Crippen LogP contribution >= 0.6 is 0 Å². The van der Waals surface area contributed by atoms with Crippen molar-refractivity contribution in [2.75, 3.05) is 25.6 Å². The van der Waals surface area contributed by atoms with Crippen LogP contribution < -0.4 is 10.6 Å². The van der Waals surface area contributed by atoms with Crippen LogP contribution in [0, 0.1) is 10.1 Å². The summed E-state index contributed by atoms with van der Waals surface area (Å²) in [6.07, 6.45) is 0.693. The van der Waals surface area contributed by atoms with Crippen LogP contribution in [-0.2, 0) is 4.74 Å². The standard InChI is InChI=1S/C13H17N3O4/c1-13(6-7-20-8-13)15-12(17)9-4-3-5-10(14-2)11(9)16(18)19/h3-5,14H,6-8H2,1-2H3,(H,15,17). The zero-order chi connectivity index (χ0) is 14.8. The topological polar surface area (TPSA) is 93.5 Å². The van der Waals surface area contributed by atoms with E-state index in [0.29, 0.717) is 25.3 Å². The predicted molar refractivity (Wildman–Crippen MR) is 74.0 cm³/mol. The van der Waals surface area contributed by atoms with Gasteiger partial charge in [-0.25, -0.2) is 0 Å². The van der Waals surface area contributed by atoms with Gasteiger partial charge in [-0.3, -0.25) is 14.9 Å². The normalized spacial score (nSPS) is 21.5. The molecule has 2 N–H and O–H groups in total. The van der Waals surface area contributed by atoms with Crippen LogP contribution in [0.25, 0.3) is 0 Å². The lowest BCUT2D eigenvalue weighted by Crippen LogP contribution is -2.46. The Morgan fingerprint density at radius 2 is 2.25 bits per heavy atom. The third-order valence-corrected chi connectivity index (χ3v) is 3.37. The summed E-state index contributed by atoms with van der Waals surface area (Å²) in [5.74, 6) is -0.457. The number of nitrogens with one attached hydrogen (secondary N) is 2. The fraction of sp³-hybridized carbons (Fsp3) is 0.462. The summed E-state index contributed by atoms with van der Waals surface area (Å²) < 4.78 is 5.26. The van der Waals surface area contributed by atoms with Crippen LogP contribution in [0.2, 0.25) is 0 Å². The van der Waals surface area contributed by atoms with E-state index in [2.05, 4.69) is 10.6 Å². The van der Waals surface area contributed by atoms with Crippen molar-refractivity contribution < 1.29 is 14.5 Å². The van der Waals surface area contributed by atoms with E-state index in [1.165, 1.54) is 6.07 Å². The number of para-hydroxylation sites is 1. The highest BCUT2D eigenvalue weighted by Crippen LogP contribution is 2.29. The van der Waals surface area contributed by atoms with Gasteiger partial charge in [0.1, 0.15) is 11.3 Å². The smallest absolute Gasteiger partial charge is 0.305 e. The molecule has 1 fully saturated rings. The van der Waals surface area contributed by atoms with E-state index in [1.807, 2.05) is 6.92 Å². The second-order valence-corrected chi connectivity index (χ2v) is 5.03. The average molecular weight is 279 g/mol. The van der Waals surface area contributed by atoms with E-state index in [0.717, 1.165) is 0 Å². The molecule has 1 saturated heterocycles. The van der Waals surface area contributed by atoms with Gasteiger partial charge in [0.05, 0.1) is 17.1 Å². The molecular weight excluding hydrogens is 262 g/mol. The van der Waals surface area contributed by atoms with Crippen molar-refractivity contribution >= 4 is 17.3 Å². The molecule has 1 aromatic carbocycles. The Bertz CT molecular complexity index is 538. The maximum atomic E-state index is 12.3. The number of benzene rings is 1. The van der Waals surface area contributed by atoms with Gasteiger partial charge in [-0.05, 0) is 25.5 Å². The van der Waals surface area contributed by atoms with Crippen LogP contribution in [0.15, 0.2) is 18.2 Å². The zero-order valence-electron chi connectivity index (χ0n) is 11.4. The van der Waals surface area contributed by atoms with Gasteiger partial charge in [0.15, 0.2) is 0 Å². The number of carbonyl (C=O) groups is 1. The number of rotatable bonds is 4. The molecule has 0 saturated carbocycles. The van der Waals surface area contributed by atoms with Crippen LogP contribution in [0.5, 0.6) is 0 Å². The summed E-state index contributed by atoms with van der Waals surface area (Å²) >= 11 is 0. The third-order valence-electron chi connectivity index (χ3n) is 3.37. The second kappa shape index (κ2) is 5.46. The molecule has 1 heterocycles. The molecular formula is C13H17N3O4. The fourth-order valence-electron chi connectivity index (χ4n) is 2.23. The lowest BCUT2D eigenvalue weighted by Gasteiger charge is -2.23. The maximum absolute atomic E-state index is 12.3. The Hall–Kier alpha value is -2.15. The number of amides is 1. The van der Waals surface area contributed by atoms with E-state index < -0.39 is 16.4 Å². The second-order valence-electron chi connectivity index (χ2n) is 5.03. The Labute approximate surface area is 116 Å². The molecule has 1 aromatic rings. The predicted octanol–water partition coefficient (Wildman–Crippen LogP) is 1.55. The van der Waals surface area contributed by atoms with Gasteiger partial charge in [-0.2, -0.15) is 0 Å². The van der Waals surface area contributed by atoms with Crippen LogP contribution in [-0.4, -0.2) is 36.6 Å². The summed E-state index contributed by atoms with van der Waals surface area (Å²) in [6.45, 7) is 2.86. The van der Waals surface area contributed by atoms with Gasteiger partial charge in [0, 0.05) is 13.7 Å². The van der Waals surface area contributed by atoms with Gasteiger partial charge in [-0.1, -0.05) is 6.07 Å². The highest BCUT2D eigenvalue weighted by Gasteiger charge is 2.34. The van der Waals surface area contributed by atoms with E-state index in [-0.39, 0.29) is 11.3 Å². The minimum absolute atomic E-state index is 0.0509. The first-order valence-corrected chi connectivity index (χ1v) is 6.32. The first-order valence-electron chi connectivity index (χ1n) is 6.32. The number of nitro benzene ring substituents is 1. The van der Waals surface area contributed by atoms with Gasteiger partial charge in [0.25, 0.3) is 5.91 Å². The van der Waals surface area contributed by atoms with Crippen molar-refractivity contribution in [2.45, 2.75) is 18.9 Å². The summed E-state index contributed by atoms with van der Waals surface area (Å²) in [5.41, 5.74) is -0.318. The molecule has 2 rings (SSSR count). The molecule has 0 bridgehead atoms. The molecule has 0 radical (unpaired) electrons. The number of nitrogens with zero attached hydrogens (tertiary/aromatic N) is 1. The minimum atomic E-state index is -0.547. The molecule has 1 aliphatic rings. The van der Waals surface area contributed by atoms with Gasteiger partial charge in [0.2, 0.25) is 0 Å². The molecule has 1 unspecified atom stereocenters. The van der Waals surface area contributed by atoms with E-state index in [1.54, 1.807) is 19.2 Å². The van der Waals surface area contributed by atoms with Crippen molar-refractivity contribution in [3.05, 3.63) is 33.9 Å². The molecule has 1 amide bonds. The highest BCUT2D eigenvalue weighted by molar-refractivity contribution is 6.00. The number of hydrogen-bond donors (Lipinski definition) is 2. The Morgan fingerprint density at radius 1 is 1.50 bits per heavy atom. The van der Waals surface area contributed by atoms with E-state index in [9.17, 15) is 14.9 Å². The first-order chi connectivity index (χ1) is 9.47. The quantitative estimate of drug-likeness (QED) is 0.644. The van der Waals surface area contributed by atoms with Crippen LogP contribution in [0.1, 0.15) is 23.7 Å². The lowest BCUT2D eigenvalue weighted by molar-refractivity contribution is -0.384. The minimum Gasteiger partial charge on any atom is -0.383 e. The van der Waals surface area contributed by atoms with Crippen molar-refractivity contribution in [2.24, 2.45) is 0 Å². The monoisotopic (exact) mass is 279 g/mol. The Balaban J connectivity index is 2.32. The SMILES string of the molecule is CNc1cccc(C(=O)NC2(C)CCOC2)c1[N+](=O)[O-]. The van der Waals surface area contributed by atoms with Crippen LogP contribution in [0.3, 0.4) is 0 Å². The number of anilines is 1. The molecule has 7 nitrogen and oxygen atoms in total. The van der Waals surface area contributed by atoms with Crippen LogP contribution in [0.4, 0.5) is 11.4 Å². The van der Waals surface area contributed by atoms with Crippen molar-refractivity contribution in [1.82, 2.24) is 5.32 Å². The summed E-state index contributed by atoms with van der Waals surface area (Å²) in [7, 11) is 1.58. The first kappa shape index (κ1) is 14.3. The maximum Gasteiger partial charge on any atom is 0.305 e. The number of hydrogen-bond acceptors (Lipinski definition) is 5. The van der Waals surface area contributed by atoms with Gasteiger partial charge in [-0.15, -0.1) is 0 Å². The molecule has 7 heteroatoms. The van der Waals surface area contributed by atoms with Crippen molar-refractivity contribution in [1.29, 1.82) is 0 Å². The van der Waals surface area contributed by atoms with E-state index >= 15 is 0 Å². The molecule has 0 aromatic heterocycles. The molecule has 0 aliphatic carbocycles. The molecule has 20 heavy (non-hydrogen) atoms. The summed E-state index contributed by atoms with van der Waals surface area (Å²) in [4.78, 5) is 22.9. The van der Waals surface area contributed by atoms with Gasteiger partial charge < -0.3 is 15.4 Å². The largest absolute Gasteiger partial charge is 0.383 e. The molecule has 1 aliphatic heterocycles. The molecule has 108 valence electrons.